The zero-order valence-electron chi connectivity index (χ0n) is 27.2. The fourth-order valence-corrected chi connectivity index (χ4v) is 5.50. The summed E-state index contributed by atoms with van der Waals surface area (Å²) in [5.74, 6) is 0.870. The summed E-state index contributed by atoms with van der Waals surface area (Å²) in [5, 5.41) is 3.10. The number of hydrogen-bond acceptors (Lipinski definition) is 7. The van der Waals surface area contributed by atoms with Crippen molar-refractivity contribution in [1.29, 1.82) is 0 Å². The highest BCUT2D eigenvalue weighted by Crippen LogP contribution is 2.30. The van der Waals surface area contributed by atoms with Gasteiger partial charge in [-0.1, -0.05) is 74.5 Å². The molecule has 1 aliphatic heterocycles. The van der Waals surface area contributed by atoms with E-state index >= 15 is 0 Å². The molecule has 0 aliphatic carbocycles. The summed E-state index contributed by atoms with van der Waals surface area (Å²) in [5.41, 5.74) is 3.17. The number of benzene rings is 2. The minimum Gasteiger partial charge on any atom is -0.493 e. The fourth-order valence-electron chi connectivity index (χ4n) is 5.30. The number of carbonyl (C=O) groups is 3. The van der Waals surface area contributed by atoms with Crippen molar-refractivity contribution in [2.75, 3.05) is 31.7 Å². The summed E-state index contributed by atoms with van der Waals surface area (Å²) in [6.45, 7) is 14.1. The summed E-state index contributed by atoms with van der Waals surface area (Å²) >= 11 is 6.31. The van der Waals surface area contributed by atoms with Crippen LogP contribution in [0.5, 0.6) is 11.5 Å². The maximum absolute atomic E-state index is 13.8. The average Bonchev–Trinajstić information content (AvgIpc) is 3.41. The van der Waals surface area contributed by atoms with Crippen LogP contribution in [0.25, 0.3) is 0 Å². The number of ether oxygens (including phenoxy) is 3. The van der Waals surface area contributed by atoms with Gasteiger partial charge in [0.1, 0.15) is 23.7 Å². The number of cyclic esters (lactones) is 1. The first-order chi connectivity index (χ1) is 22.5. The zero-order valence-corrected chi connectivity index (χ0v) is 28.0. The molecule has 47 heavy (non-hydrogen) atoms. The van der Waals surface area contributed by atoms with Gasteiger partial charge in [0.15, 0.2) is 11.5 Å². The molecule has 1 saturated heterocycles. The van der Waals surface area contributed by atoms with Crippen molar-refractivity contribution in [1.82, 2.24) is 15.2 Å². The first kappa shape index (κ1) is 35.0. The Bertz CT molecular complexity index is 1630. The van der Waals surface area contributed by atoms with E-state index < -0.39 is 24.1 Å². The summed E-state index contributed by atoms with van der Waals surface area (Å²) in [6.07, 6.45) is 2.35. The second kappa shape index (κ2) is 16.1. The minimum absolute atomic E-state index is 0.0424. The Morgan fingerprint density at radius 1 is 1.13 bits per heavy atom. The Balaban J connectivity index is 1.63. The maximum Gasteiger partial charge on any atom is 0.410 e. The van der Waals surface area contributed by atoms with Crippen LogP contribution in [-0.2, 0) is 22.5 Å². The number of methoxy groups -OCH3 is 1. The number of nitrogens with zero attached hydrogens (tertiary/aromatic N) is 3. The van der Waals surface area contributed by atoms with Crippen molar-refractivity contribution in [2.45, 2.75) is 51.8 Å². The van der Waals surface area contributed by atoms with Crippen molar-refractivity contribution in [3.8, 4) is 11.5 Å². The molecule has 2 heterocycles. The fraction of sp³-hybridized carbons (Fsp3) is 0.333. The van der Waals surface area contributed by atoms with Gasteiger partial charge in [0.25, 0.3) is 5.91 Å². The Labute approximate surface area is 281 Å². The highest BCUT2D eigenvalue weighted by molar-refractivity contribution is 6.30. The van der Waals surface area contributed by atoms with Crippen LogP contribution in [0, 0.1) is 0 Å². The predicted octanol–water partition coefficient (Wildman–Crippen LogP) is 6.33. The van der Waals surface area contributed by atoms with Gasteiger partial charge in [-0.15, -0.1) is 6.58 Å². The topological polar surface area (TPSA) is 110 Å². The van der Waals surface area contributed by atoms with E-state index in [-0.39, 0.29) is 42.1 Å². The number of hydrogen-bond donors (Lipinski definition) is 1. The number of rotatable bonds is 15. The van der Waals surface area contributed by atoms with Crippen LogP contribution in [-0.4, -0.2) is 66.7 Å². The predicted molar refractivity (Wildman–Crippen MR) is 182 cm³/mol. The van der Waals surface area contributed by atoms with Gasteiger partial charge in [-0.05, 0) is 53.3 Å². The van der Waals surface area contributed by atoms with Gasteiger partial charge in [0.05, 0.1) is 19.7 Å². The third kappa shape index (κ3) is 9.13. The van der Waals surface area contributed by atoms with E-state index in [1.54, 1.807) is 30.2 Å². The molecule has 4 rings (SSSR count). The standard InChI is InChI=1S/C36H41ClN4O6/c1-7-14-41(24(5)42)34-20-28(19-33(37)39-34)35(43)38-29(17-25-12-13-30(45-6)31(18-25)46-15-8-2)32-22-40(36(44)47-32)21-26-10-9-11-27(16-26)23(3)4/h7-13,16,18-20,23,29,32H,1-2,14-15,17,21-22H2,3-6H3,(H,38,43). The van der Waals surface area contributed by atoms with Gasteiger partial charge in [-0.2, -0.15) is 0 Å². The highest BCUT2D eigenvalue weighted by Gasteiger charge is 2.38. The van der Waals surface area contributed by atoms with Gasteiger partial charge in [0.2, 0.25) is 5.91 Å². The maximum atomic E-state index is 13.8. The number of anilines is 1. The smallest absolute Gasteiger partial charge is 0.410 e. The molecule has 3 amide bonds. The Hall–Kier alpha value is -4.83. The molecular weight excluding hydrogens is 620 g/mol. The molecule has 2 aromatic carbocycles. The largest absolute Gasteiger partial charge is 0.493 e. The monoisotopic (exact) mass is 660 g/mol. The summed E-state index contributed by atoms with van der Waals surface area (Å²) < 4.78 is 17.1. The number of pyridine rings is 1. The molecule has 3 aromatic rings. The van der Waals surface area contributed by atoms with E-state index in [1.165, 1.54) is 29.5 Å². The molecule has 248 valence electrons. The quantitative estimate of drug-likeness (QED) is 0.150. The zero-order chi connectivity index (χ0) is 34.1. The number of amides is 3. The van der Waals surface area contributed by atoms with Crippen LogP contribution < -0.4 is 19.7 Å². The lowest BCUT2D eigenvalue weighted by Crippen LogP contribution is -2.46. The molecule has 1 N–H and O–H groups in total. The van der Waals surface area contributed by atoms with Gasteiger partial charge in [-0.25, -0.2) is 9.78 Å². The molecular formula is C36H41ClN4O6. The molecule has 0 radical (unpaired) electrons. The lowest BCUT2D eigenvalue weighted by molar-refractivity contribution is -0.116. The Morgan fingerprint density at radius 2 is 1.91 bits per heavy atom. The lowest BCUT2D eigenvalue weighted by atomic mass is 9.99. The second-order valence-corrected chi connectivity index (χ2v) is 11.9. The van der Waals surface area contributed by atoms with Gasteiger partial charge < -0.3 is 24.4 Å². The van der Waals surface area contributed by atoms with Crippen LogP contribution in [0.3, 0.4) is 0 Å². The van der Waals surface area contributed by atoms with E-state index in [0.717, 1.165) is 11.1 Å². The summed E-state index contributed by atoms with van der Waals surface area (Å²) in [4.78, 5) is 46.5. The Morgan fingerprint density at radius 3 is 2.60 bits per heavy atom. The molecule has 11 heteroatoms. The van der Waals surface area contributed by atoms with E-state index in [9.17, 15) is 14.4 Å². The molecule has 10 nitrogen and oxygen atoms in total. The lowest BCUT2D eigenvalue weighted by Gasteiger charge is -2.25. The third-order valence-corrected chi connectivity index (χ3v) is 7.91. The molecule has 0 bridgehead atoms. The van der Waals surface area contributed by atoms with Crippen LogP contribution in [0.15, 0.2) is 79.9 Å². The van der Waals surface area contributed by atoms with Crippen LogP contribution in [0.1, 0.15) is 53.7 Å². The number of aromatic nitrogens is 1. The van der Waals surface area contributed by atoms with Gasteiger partial charge in [0, 0.05) is 25.6 Å². The van der Waals surface area contributed by atoms with E-state index in [0.29, 0.717) is 30.4 Å². The van der Waals surface area contributed by atoms with Gasteiger partial charge in [-0.3, -0.25) is 14.5 Å². The summed E-state index contributed by atoms with van der Waals surface area (Å²) in [7, 11) is 1.55. The van der Waals surface area contributed by atoms with Crippen LogP contribution >= 0.6 is 11.6 Å². The molecule has 2 unspecified atom stereocenters. The number of halogens is 1. The van der Waals surface area contributed by atoms with Crippen molar-refractivity contribution < 1.29 is 28.6 Å². The van der Waals surface area contributed by atoms with Crippen LogP contribution in [0.4, 0.5) is 10.6 Å². The number of nitrogens with one attached hydrogen (secondary N) is 1. The molecule has 2 atom stereocenters. The molecule has 0 spiro atoms. The highest BCUT2D eigenvalue weighted by atomic mass is 35.5. The van der Waals surface area contributed by atoms with Crippen molar-refractivity contribution in [3.63, 3.8) is 0 Å². The first-order valence-corrected chi connectivity index (χ1v) is 15.7. The van der Waals surface area contributed by atoms with Crippen molar-refractivity contribution in [2.24, 2.45) is 0 Å². The van der Waals surface area contributed by atoms with E-state index in [2.05, 4.69) is 49.4 Å². The summed E-state index contributed by atoms with van der Waals surface area (Å²) in [6, 6.07) is 15.9. The number of carbonyl (C=O) groups excluding carboxylic acids is 3. The average molecular weight is 661 g/mol. The van der Waals surface area contributed by atoms with Gasteiger partial charge >= 0.3 is 6.09 Å². The van der Waals surface area contributed by atoms with E-state index in [1.807, 2.05) is 24.3 Å². The minimum atomic E-state index is -0.675. The second-order valence-electron chi connectivity index (χ2n) is 11.5. The van der Waals surface area contributed by atoms with Crippen LogP contribution in [0.2, 0.25) is 5.15 Å². The normalized spacial score (nSPS) is 14.7. The first-order valence-electron chi connectivity index (χ1n) is 15.3. The SMILES string of the molecule is C=CCOc1cc(CC(NC(=O)c2cc(Cl)nc(N(CC=C)C(C)=O)c2)C2CN(Cc3cccc(C(C)C)c3)C(=O)O2)ccc1OC. The molecule has 1 aliphatic rings. The van der Waals surface area contributed by atoms with Crippen molar-refractivity contribution in [3.05, 3.63) is 107 Å². The molecule has 1 aromatic heterocycles. The van der Waals surface area contributed by atoms with E-state index in [4.69, 9.17) is 25.8 Å². The molecule has 1 fully saturated rings. The van der Waals surface area contributed by atoms with Crippen molar-refractivity contribution >= 4 is 35.3 Å². The Kier molecular flexibility index (Phi) is 12.0. The third-order valence-electron chi connectivity index (χ3n) is 7.72. The molecule has 0 saturated carbocycles.